The summed E-state index contributed by atoms with van der Waals surface area (Å²) in [5.74, 6) is 5.99. The first-order chi connectivity index (χ1) is 7.33. The normalized spacial score (nSPS) is 11.6. The van der Waals surface area contributed by atoms with E-state index in [-0.39, 0.29) is 12.5 Å². The minimum atomic E-state index is -0.606. The molecule has 0 aliphatic heterocycles. The van der Waals surface area contributed by atoms with Crippen molar-refractivity contribution < 1.29 is 9.84 Å². The van der Waals surface area contributed by atoms with Crippen molar-refractivity contribution in [3.8, 4) is 11.8 Å². The highest BCUT2D eigenvalue weighted by Gasteiger charge is 1.99. The Morgan fingerprint density at radius 1 is 1.33 bits per heavy atom. The molecule has 0 unspecified atom stereocenters. The summed E-state index contributed by atoms with van der Waals surface area (Å²) >= 11 is 5.39. The standard InChI is InChI=1S/C12H13ClO2/c13-9-12(14)10-15-8-4-7-11-5-2-1-3-6-11/h1-3,5-6,12,14H,8-10H2/t12-/m1/s1. The van der Waals surface area contributed by atoms with Crippen LogP contribution in [-0.2, 0) is 4.74 Å². The second-order valence-electron chi connectivity index (χ2n) is 2.99. The van der Waals surface area contributed by atoms with Crippen molar-refractivity contribution in [2.24, 2.45) is 0 Å². The quantitative estimate of drug-likeness (QED) is 0.479. The minimum Gasteiger partial charge on any atom is -0.389 e. The number of aliphatic hydroxyl groups excluding tert-OH is 1. The van der Waals surface area contributed by atoms with Crippen LogP contribution < -0.4 is 0 Å². The first-order valence-electron chi connectivity index (χ1n) is 4.68. The molecular weight excluding hydrogens is 212 g/mol. The second-order valence-corrected chi connectivity index (χ2v) is 3.30. The van der Waals surface area contributed by atoms with E-state index >= 15 is 0 Å². The van der Waals surface area contributed by atoms with Gasteiger partial charge < -0.3 is 9.84 Å². The predicted molar refractivity (Wildman–Crippen MR) is 60.9 cm³/mol. The molecule has 0 amide bonds. The predicted octanol–water partition coefficient (Wildman–Crippen LogP) is 1.65. The fourth-order valence-electron chi connectivity index (χ4n) is 0.950. The third-order valence-corrected chi connectivity index (χ3v) is 2.03. The molecule has 1 aromatic carbocycles. The van der Waals surface area contributed by atoms with E-state index in [2.05, 4.69) is 11.8 Å². The Morgan fingerprint density at radius 2 is 2.07 bits per heavy atom. The van der Waals surface area contributed by atoms with Gasteiger partial charge in [0.1, 0.15) is 6.61 Å². The molecule has 0 saturated carbocycles. The summed E-state index contributed by atoms with van der Waals surface area (Å²) in [6.45, 7) is 0.538. The molecule has 0 aromatic heterocycles. The van der Waals surface area contributed by atoms with Crippen LogP contribution in [0.4, 0.5) is 0 Å². The lowest BCUT2D eigenvalue weighted by Gasteiger charge is -2.04. The molecule has 0 bridgehead atoms. The Hall–Kier alpha value is -1.01. The highest BCUT2D eigenvalue weighted by molar-refractivity contribution is 6.18. The molecule has 1 atom stereocenters. The molecule has 1 rings (SSSR count). The summed E-state index contributed by atoms with van der Waals surface area (Å²) in [7, 11) is 0. The van der Waals surface area contributed by atoms with Crippen LogP contribution in [0.1, 0.15) is 5.56 Å². The van der Waals surface area contributed by atoms with Gasteiger partial charge in [-0.15, -0.1) is 11.6 Å². The lowest BCUT2D eigenvalue weighted by Crippen LogP contribution is -2.16. The summed E-state index contributed by atoms with van der Waals surface area (Å²) in [5.41, 5.74) is 0.957. The van der Waals surface area contributed by atoms with E-state index in [4.69, 9.17) is 21.4 Å². The van der Waals surface area contributed by atoms with Crippen molar-refractivity contribution >= 4 is 11.6 Å². The topological polar surface area (TPSA) is 29.5 Å². The van der Waals surface area contributed by atoms with Gasteiger partial charge in [-0.1, -0.05) is 30.0 Å². The highest BCUT2D eigenvalue weighted by atomic mass is 35.5. The molecule has 1 N–H and O–H groups in total. The van der Waals surface area contributed by atoms with Gasteiger partial charge >= 0.3 is 0 Å². The zero-order chi connectivity index (χ0) is 10.9. The number of halogens is 1. The lowest BCUT2D eigenvalue weighted by atomic mass is 10.2. The van der Waals surface area contributed by atoms with Crippen LogP contribution >= 0.6 is 11.6 Å². The van der Waals surface area contributed by atoms with Crippen molar-refractivity contribution in [1.29, 1.82) is 0 Å². The van der Waals surface area contributed by atoms with Crippen LogP contribution in [0.5, 0.6) is 0 Å². The largest absolute Gasteiger partial charge is 0.389 e. The molecule has 2 nitrogen and oxygen atoms in total. The van der Waals surface area contributed by atoms with Gasteiger partial charge in [0.2, 0.25) is 0 Å². The van der Waals surface area contributed by atoms with E-state index in [1.54, 1.807) is 0 Å². The van der Waals surface area contributed by atoms with Gasteiger partial charge in [0.25, 0.3) is 0 Å². The summed E-state index contributed by atoms with van der Waals surface area (Å²) < 4.78 is 5.10. The van der Waals surface area contributed by atoms with E-state index in [1.165, 1.54) is 0 Å². The maximum atomic E-state index is 9.07. The van der Waals surface area contributed by atoms with Crippen molar-refractivity contribution in [2.75, 3.05) is 19.1 Å². The summed E-state index contributed by atoms with van der Waals surface area (Å²) in [4.78, 5) is 0. The van der Waals surface area contributed by atoms with Crippen molar-refractivity contribution in [2.45, 2.75) is 6.10 Å². The summed E-state index contributed by atoms with van der Waals surface area (Å²) in [6, 6.07) is 9.67. The van der Waals surface area contributed by atoms with Crippen molar-refractivity contribution in [1.82, 2.24) is 0 Å². The van der Waals surface area contributed by atoms with Gasteiger partial charge in [0.15, 0.2) is 0 Å². The number of rotatable bonds is 4. The SMILES string of the molecule is O[C@H](CCl)COCC#Cc1ccccc1. The molecular formula is C12H13ClO2. The number of ether oxygens (including phenoxy) is 1. The second kappa shape index (κ2) is 7.30. The Morgan fingerprint density at radius 3 is 2.73 bits per heavy atom. The molecule has 0 fully saturated rings. The molecule has 1 aromatic rings. The van der Waals surface area contributed by atoms with Gasteiger partial charge in [-0.25, -0.2) is 0 Å². The maximum absolute atomic E-state index is 9.07. The molecule has 0 aliphatic carbocycles. The monoisotopic (exact) mass is 224 g/mol. The number of benzene rings is 1. The van der Waals surface area contributed by atoms with Crippen LogP contribution in [0.2, 0.25) is 0 Å². The van der Waals surface area contributed by atoms with Gasteiger partial charge in [0, 0.05) is 5.56 Å². The average molecular weight is 225 g/mol. The summed E-state index contributed by atoms with van der Waals surface area (Å²) in [6.07, 6.45) is -0.606. The first kappa shape index (κ1) is 12.1. The number of alkyl halides is 1. The van der Waals surface area contributed by atoms with Gasteiger partial charge in [0.05, 0.1) is 18.6 Å². The molecule has 15 heavy (non-hydrogen) atoms. The molecule has 0 aliphatic rings. The van der Waals surface area contributed by atoms with Gasteiger partial charge in [-0.3, -0.25) is 0 Å². The highest BCUT2D eigenvalue weighted by Crippen LogP contribution is 1.94. The average Bonchev–Trinajstić information content (AvgIpc) is 2.29. The lowest BCUT2D eigenvalue weighted by molar-refractivity contribution is 0.0640. The smallest absolute Gasteiger partial charge is 0.108 e. The van der Waals surface area contributed by atoms with Crippen LogP contribution in [0.25, 0.3) is 0 Å². The fraction of sp³-hybridized carbons (Fsp3) is 0.333. The fourth-order valence-corrected chi connectivity index (χ4v) is 1.04. The molecule has 0 saturated heterocycles. The van der Waals surface area contributed by atoms with E-state index in [0.717, 1.165) is 5.56 Å². The molecule has 0 spiro atoms. The van der Waals surface area contributed by atoms with Crippen LogP contribution in [0, 0.1) is 11.8 Å². The minimum absolute atomic E-state index is 0.187. The van der Waals surface area contributed by atoms with E-state index < -0.39 is 6.10 Å². The first-order valence-corrected chi connectivity index (χ1v) is 5.22. The van der Waals surface area contributed by atoms with E-state index in [9.17, 15) is 0 Å². The zero-order valence-corrected chi connectivity index (χ0v) is 9.07. The Balaban J connectivity index is 2.23. The van der Waals surface area contributed by atoms with Crippen LogP contribution in [0.15, 0.2) is 30.3 Å². The van der Waals surface area contributed by atoms with Gasteiger partial charge in [-0.05, 0) is 12.1 Å². The molecule has 0 radical (unpaired) electrons. The third kappa shape index (κ3) is 5.44. The van der Waals surface area contributed by atoms with Crippen LogP contribution in [0.3, 0.4) is 0 Å². The third-order valence-electron chi connectivity index (χ3n) is 1.67. The Bertz CT molecular complexity index is 326. The summed E-state index contributed by atoms with van der Waals surface area (Å²) in [5, 5.41) is 9.07. The van der Waals surface area contributed by atoms with E-state index in [1.807, 2.05) is 30.3 Å². The zero-order valence-electron chi connectivity index (χ0n) is 8.32. The van der Waals surface area contributed by atoms with Gasteiger partial charge in [-0.2, -0.15) is 0 Å². The number of hydrogen-bond acceptors (Lipinski definition) is 2. The van der Waals surface area contributed by atoms with Crippen LogP contribution in [-0.4, -0.2) is 30.3 Å². The van der Waals surface area contributed by atoms with Crippen molar-refractivity contribution in [3.63, 3.8) is 0 Å². The number of aliphatic hydroxyl groups is 1. The Kier molecular flexibility index (Phi) is 5.87. The molecule has 0 heterocycles. The van der Waals surface area contributed by atoms with E-state index in [0.29, 0.717) is 6.61 Å². The molecule has 3 heteroatoms. The maximum Gasteiger partial charge on any atom is 0.108 e. The number of hydrogen-bond donors (Lipinski definition) is 1. The van der Waals surface area contributed by atoms with Crippen molar-refractivity contribution in [3.05, 3.63) is 35.9 Å². The molecule has 80 valence electrons. The Labute approximate surface area is 94.8 Å².